The van der Waals surface area contributed by atoms with Gasteiger partial charge in [0.25, 0.3) is 5.56 Å². The minimum Gasteiger partial charge on any atom is -0.493 e. The quantitative estimate of drug-likeness (QED) is 0.497. The number of aryl methyl sites for hydroxylation is 1. The molecule has 2 heterocycles. The highest BCUT2D eigenvalue weighted by Gasteiger charge is 2.21. The SMILES string of the molecule is COCCn1c(N[C@@H](O)c2ccc(OC)c(OC)c2)nc2c1c(=O)n(C)c(=O)n2C. The molecule has 0 aliphatic carbocycles. The third kappa shape index (κ3) is 3.64. The van der Waals surface area contributed by atoms with Crippen LogP contribution in [-0.4, -0.2) is 51.7 Å². The number of aromatic nitrogens is 4. The van der Waals surface area contributed by atoms with Gasteiger partial charge in [-0.25, -0.2) is 4.79 Å². The molecule has 0 fully saturated rings. The molecule has 1 aromatic carbocycles. The van der Waals surface area contributed by atoms with Crippen LogP contribution in [0.2, 0.25) is 0 Å². The van der Waals surface area contributed by atoms with Crippen LogP contribution in [0.4, 0.5) is 5.95 Å². The molecule has 0 saturated carbocycles. The van der Waals surface area contributed by atoms with E-state index in [-0.39, 0.29) is 17.1 Å². The summed E-state index contributed by atoms with van der Waals surface area (Å²) in [6.07, 6.45) is -1.16. The van der Waals surface area contributed by atoms with E-state index >= 15 is 0 Å². The Morgan fingerprint density at radius 1 is 1.10 bits per heavy atom. The summed E-state index contributed by atoms with van der Waals surface area (Å²) in [5.74, 6) is 1.21. The van der Waals surface area contributed by atoms with Gasteiger partial charge in [-0.3, -0.25) is 13.9 Å². The molecule has 0 amide bonds. The predicted molar refractivity (Wildman–Crippen MR) is 110 cm³/mol. The maximum atomic E-state index is 12.7. The van der Waals surface area contributed by atoms with Gasteiger partial charge in [0, 0.05) is 33.3 Å². The molecule has 0 saturated heterocycles. The van der Waals surface area contributed by atoms with Gasteiger partial charge in [-0.05, 0) is 12.1 Å². The van der Waals surface area contributed by atoms with E-state index in [0.29, 0.717) is 30.2 Å². The van der Waals surface area contributed by atoms with Gasteiger partial charge in [0.15, 0.2) is 28.9 Å². The van der Waals surface area contributed by atoms with Gasteiger partial charge in [-0.2, -0.15) is 4.98 Å². The number of methoxy groups -OCH3 is 3. The Morgan fingerprint density at radius 3 is 2.43 bits per heavy atom. The van der Waals surface area contributed by atoms with Crippen LogP contribution in [0.1, 0.15) is 11.8 Å². The molecule has 162 valence electrons. The van der Waals surface area contributed by atoms with E-state index in [1.54, 1.807) is 29.9 Å². The number of fused-ring (bicyclic) bond motifs is 1. The molecule has 0 aliphatic heterocycles. The Labute approximate surface area is 172 Å². The molecule has 0 radical (unpaired) electrons. The maximum absolute atomic E-state index is 12.7. The molecule has 11 heteroatoms. The standard InChI is InChI=1S/C19H25N5O6/c1-22-15-14(17(26)23(2)19(22)27)24(8-9-28-3)18(20-15)21-16(25)11-6-7-12(29-4)13(10-11)30-5/h6-7,10,16,25H,8-9H2,1-5H3,(H,20,21)/t16-/m0/s1. The molecule has 3 rings (SSSR count). The first kappa shape index (κ1) is 21.4. The molecule has 0 unspecified atom stereocenters. The van der Waals surface area contributed by atoms with E-state index in [4.69, 9.17) is 14.2 Å². The zero-order valence-corrected chi connectivity index (χ0v) is 17.5. The van der Waals surface area contributed by atoms with Crippen molar-refractivity contribution in [1.82, 2.24) is 18.7 Å². The number of rotatable bonds is 8. The number of aliphatic hydroxyl groups is 1. The highest BCUT2D eigenvalue weighted by Crippen LogP contribution is 2.30. The second-order valence-corrected chi connectivity index (χ2v) is 6.62. The maximum Gasteiger partial charge on any atom is 0.332 e. The summed E-state index contributed by atoms with van der Waals surface area (Å²) in [4.78, 5) is 29.4. The van der Waals surface area contributed by atoms with Crippen molar-refractivity contribution < 1.29 is 19.3 Å². The number of ether oxygens (including phenoxy) is 3. The van der Waals surface area contributed by atoms with Gasteiger partial charge in [0.05, 0.1) is 20.8 Å². The van der Waals surface area contributed by atoms with Crippen molar-refractivity contribution in [1.29, 1.82) is 0 Å². The van der Waals surface area contributed by atoms with E-state index in [0.717, 1.165) is 4.57 Å². The molecule has 2 N–H and O–H groups in total. The number of benzene rings is 1. The molecule has 0 bridgehead atoms. The minimum absolute atomic E-state index is 0.209. The van der Waals surface area contributed by atoms with Crippen molar-refractivity contribution in [2.24, 2.45) is 14.1 Å². The lowest BCUT2D eigenvalue weighted by Gasteiger charge is -2.17. The van der Waals surface area contributed by atoms with Crippen LogP contribution >= 0.6 is 0 Å². The number of nitrogens with zero attached hydrogens (tertiary/aromatic N) is 4. The summed E-state index contributed by atoms with van der Waals surface area (Å²) < 4.78 is 19.5. The van der Waals surface area contributed by atoms with Gasteiger partial charge in [-0.1, -0.05) is 6.07 Å². The molecule has 30 heavy (non-hydrogen) atoms. The third-order valence-corrected chi connectivity index (χ3v) is 4.86. The lowest BCUT2D eigenvalue weighted by molar-refractivity contribution is 0.186. The monoisotopic (exact) mass is 419 g/mol. The van der Waals surface area contributed by atoms with E-state index in [1.165, 1.54) is 32.9 Å². The number of hydrogen-bond donors (Lipinski definition) is 2. The van der Waals surface area contributed by atoms with Crippen LogP contribution in [0.3, 0.4) is 0 Å². The Hall–Kier alpha value is -3.31. The summed E-state index contributed by atoms with van der Waals surface area (Å²) in [5.41, 5.74) is -0.0269. The fourth-order valence-corrected chi connectivity index (χ4v) is 3.19. The predicted octanol–water partition coefficient (Wildman–Crippen LogP) is 0.200. The smallest absolute Gasteiger partial charge is 0.332 e. The van der Waals surface area contributed by atoms with Gasteiger partial charge in [-0.15, -0.1) is 0 Å². The topological polar surface area (TPSA) is 122 Å². The number of nitrogens with one attached hydrogen (secondary N) is 1. The second kappa shape index (κ2) is 8.59. The van der Waals surface area contributed by atoms with Crippen LogP contribution in [0, 0.1) is 0 Å². The van der Waals surface area contributed by atoms with Crippen molar-refractivity contribution >= 4 is 17.1 Å². The average Bonchev–Trinajstić information content (AvgIpc) is 3.12. The molecule has 0 spiro atoms. The van der Waals surface area contributed by atoms with Gasteiger partial charge >= 0.3 is 5.69 Å². The summed E-state index contributed by atoms with van der Waals surface area (Å²) in [6, 6.07) is 4.98. The van der Waals surface area contributed by atoms with Crippen LogP contribution < -0.4 is 26.0 Å². The fourth-order valence-electron chi connectivity index (χ4n) is 3.19. The normalized spacial score (nSPS) is 12.2. The first-order valence-electron chi connectivity index (χ1n) is 9.15. The van der Waals surface area contributed by atoms with Gasteiger partial charge in [0.1, 0.15) is 0 Å². The van der Waals surface area contributed by atoms with Gasteiger partial charge in [0.2, 0.25) is 5.95 Å². The number of anilines is 1. The first-order chi connectivity index (χ1) is 14.3. The summed E-state index contributed by atoms with van der Waals surface area (Å²) in [7, 11) is 7.51. The van der Waals surface area contributed by atoms with Crippen molar-refractivity contribution in [2.75, 3.05) is 33.3 Å². The van der Waals surface area contributed by atoms with Crippen molar-refractivity contribution in [2.45, 2.75) is 12.8 Å². The van der Waals surface area contributed by atoms with Crippen LogP contribution in [0.15, 0.2) is 27.8 Å². The van der Waals surface area contributed by atoms with E-state index in [1.807, 2.05) is 0 Å². The second-order valence-electron chi connectivity index (χ2n) is 6.62. The average molecular weight is 419 g/mol. The van der Waals surface area contributed by atoms with E-state index in [2.05, 4.69) is 10.3 Å². The first-order valence-corrected chi connectivity index (χ1v) is 9.15. The van der Waals surface area contributed by atoms with Gasteiger partial charge < -0.3 is 29.2 Å². The molecular weight excluding hydrogens is 394 g/mol. The zero-order valence-electron chi connectivity index (χ0n) is 17.5. The molecule has 3 aromatic rings. The summed E-state index contributed by atoms with van der Waals surface area (Å²) in [6.45, 7) is 0.597. The largest absolute Gasteiger partial charge is 0.493 e. The molecular formula is C19H25N5O6. The summed E-state index contributed by atoms with van der Waals surface area (Å²) in [5, 5.41) is 13.6. The Morgan fingerprint density at radius 2 is 1.80 bits per heavy atom. The number of imidazole rings is 1. The fraction of sp³-hybridized carbons (Fsp3) is 0.421. The number of hydrogen-bond acceptors (Lipinski definition) is 8. The van der Waals surface area contributed by atoms with Crippen molar-refractivity contribution in [3.63, 3.8) is 0 Å². The Balaban J connectivity index is 2.09. The molecule has 11 nitrogen and oxygen atoms in total. The van der Waals surface area contributed by atoms with Crippen molar-refractivity contribution in [3.05, 3.63) is 44.6 Å². The number of aliphatic hydroxyl groups excluding tert-OH is 1. The highest BCUT2D eigenvalue weighted by molar-refractivity contribution is 5.74. The van der Waals surface area contributed by atoms with E-state index < -0.39 is 17.5 Å². The lowest BCUT2D eigenvalue weighted by atomic mass is 10.1. The molecule has 0 aliphatic rings. The summed E-state index contributed by atoms with van der Waals surface area (Å²) >= 11 is 0. The lowest BCUT2D eigenvalue weighted by Crippen LogP contribution is -2.37. The van der Waals surface area contributed by atoms with Crippen LogP contribution in [0.25, 0.3) is 11.2 Å². The van der Waals surface area contributed by atoms with Crippen LogP contribution in [0.5, 0.6) is 11.5 Å². The highest BCUT2D eigenvalue weighted by atomic mass is 16.5. The Bertz CT molecular complexity index is 1180. The third-order valence-electron chi connectivity index (χ3n) is 4.86. The molecule has 1 atom stereocenters. The van der Waals surface area contributed by atoms with Crippen molar-refractivity contribution in [3.8, 4) is 11.5 Å². The van der Waals surface area contributed by atoms with E-state index in [9.17, 15) is 14.7 Å². The molecule has 2 aromatic heterocycles. The Kier molecular flexibility index (Phi) is 6.13. The van der Waals surface area contributed by atoms with Crippen LogP contribution in [-0.2, 0) is 25.4 Å². The zero-order chi connectivity index (χ0) is 22.0. The minimum atomic E-state index is -1.16.